The predicted octanol–water partition coefficient (Wildman–Crippen LogP) is 3.00. The van der Waals surface area contributed by atoms with Crippen LogP contribution >= 0.6 is 0 Å². The topological polar surface area (TPSA) is 63.6 Å². The third-order valence-corrected chi connectivity index (χ3v) is 3.09. The van der Waals surface area contributed by atoms with Gasteiger partial charge in [0, 0.05) is 5.56 Å². The van der Waals surface area contributed by atoms with E-state index in [1.54, 1.807) is 13.0 Å². The number of rotatable bonds is 4. The van der Waals surface area contributed by atoms with E-state index >= 15 is 0 Å². The van der Waals surface area contributed by atoms with Crippen LogP contribution in [0.1, 0.15) is 56.1 Å². The first-order valence-corrected chi connectivity index (χ1v) is 6.80. The molecule has 1 aromatic rings. The highest BCUT2D eigenvalue weighted by molar-refractivity contribution is 6.41. The van der Waals surface area contributed by atoms with Gasteiger partial charge in [0.15, 0.2) is 0 Å². The maximum Gasteiger partial charge on any atom is 0.379 e. The molecule has 110 valence electrons. The van der Waals surface area contributed by atoms with Crippen LogP contribution < -0.4 is 0 Å². The highest BCUT2D eigenvalue weighted by Crippen LogP contribution is 2.35. The highest BCUT2D eigenvalue weighted by atomic mass is 16.5. The van der Waals surface area contributed by atoms with Crippen molar-refractivity contribution in [1.29, 1.82) is 0 Å². The first kappa shape index (κ1) is 16.2. The molecule has 1 N–H and O–H groups in total. The van der Waals surface area contributed by atoms with Gasteiger partial charge in [0.25, 0.3) is 5.78 Å². The van der Waals surface area contributed by atoms with Crippen LogP contribution in [0.25, 0.3) is 0 Å². The lowest BCUT2D eigenvalue weighted by atomic mass is 9.83. The molecule has 4 heteroatoms. The maximum atomic E-state index is 12.1. The molecule has 0 spiro atoms. The van der Waals surface area contributed by atoms with Crippen LogP contribution in [0.3, 0.4) is 0 Å². The Morgan fingerprint density at radius 1 is 1.20 bits per heavy atom. The molecule has 0 amide bonds. The Hall–Kier alpha value is -1.84. The van der Waals surface area contributed by atoms with Gasteiger partial charge >= 0.3 is 5.97 Å². The summed E-state index contributed by atoms with van der Waals surface area (Å²) < 4.78 is 4.71. The van der Waals surface area contributed by atoms with Crippen LogP contribution in [-0.2, 0) is 21.4 Å². The van der Waals surface area contributed by atoms with E-state index in [2.05, 4.69) is 0 Å². The van der Waals surface area contributed by atoms with Gasteiger partial charge < -0.3 is 9.84 Å². The zero-order valence-electron chi connectivity index (χ0n) is 12.7. The van der Waals surface area contributed by atoms with Gasteiger partial charge in [0.2, 0.25) is 0 Å². The van der Waals surface area contributed by atoms with Crippen molar-refractivity contribution < 1.29 is 19.4 Å². The van der Waals surface area contributed by atoms with Crippen molar-refractivity contribution in [2.75, 3.05) is 6.61 Å². The predicted molar refractivity (Wildman–Crippen MR) is 77.1 cm³/mol. The molecule has 0 aliphatic rings. The number of Topliss-reactive ketones (excluding diaryl/α,β-unsaturated/α-hetero) is 1. The molecule has 1 aromatic carbocycles. The van der Waals surface area contributed by atoms with E-state index in [4.69, 9.17) is 4.74 Å². The molecule has 0 bridgehead atoms. The Morgan fingerprint density at radius 2 is 1.80 bits per heavy atom. The van der Waals surface area contributed by atoms with Crippen molar-refractivity contribution in [3.8, 4) is 5.75 Å². The fourth-order valence-corrected chi connectivity index (χ4v) is 1.95. The second kappa shape index (κ2) is 6.07. The number of hydrogen-bond acceptors (Lipinski definition) is 4. The van der Waals surface area contributed by atoms with Gasteiger partial charge in [-0.15, -0.1) is 0 Å². The molecule has 1 rings (SSSR count). The van der Waals surface area contributed by atoms with Crippen LogP contribution in [0.5, 0.6) is 5.75 Å². The molecular weight excluding hydrogens is 256 g/mol. The Kier molecular flexibility index (Phi) is 4.93. The monoisotopic (exact) mass is 278 g/mol. The SMILES string of the molecule is CCOC(=O)C(=O)c1cc(CC)cc(C(C)(C)C)c1O. The van der Waals surface area contributed by atoms with E-state index in [1.165, 1.54) is 0 Å². The first-order valence-electron chi connectivity index (χ1n) is 6.80. The van der Waals surface area contributed by atoms with E-state index in [-0.39, 0.29) is 23.3 Å². The minimum atomic E-state index is -0.934. The average molecular weight is 278 g/mol. The van der Waals surface area contributed by atoms with Gasteiger partial charge in [-0.05, 0) is 30.4 Å². The van der Waals surface area contributed by atoms with E-state index in [0.717, 1.165) is 5.56 Å². The second-order valence-corrected chi connectivity index (χ2v) is 5.69. The molecule has 20 heavy (non-hydrogen) atoms. The molecule has 0 fully saturated rings. The van der Waals surface area contributed by atoms with Crippen LogP contribution in [0, 0.1) is 0 Å². The Bertz CT molecular complexity index is 524. The molecule has 0 atom stereocenters. The second-order valence-electron chi connectivity index (χ2n) is 5.69. The molecule has 0 aliphatic carbocycles. The minimum Gasteiger partial charge on any atom is -0.507 e. The van der Waals surface area contributed by atoms with Crippen molar-refractivity contribution in [1.82, 2.24) is 0 Å². The number of phenols is 1. The highest BCUT2D eigenvalue weighted by Gasteiger charge is 2.27. The number of aryl methyl sites for hydroxylation is 1. The van der Waals surface area contributed by atoms with Crippen molar-refractivity contribution in [3.05, 3.63) is 28.8 Å². The van der Waals surface area contributed by atoms with Gasteiger partial charge in [0.1, 0.15) is 5.75 Å². The number of phenolic OH excluding ortho intramolecular Hbond substituents is 1. The largest absolute Gasteiger partial charge is 0.507 e. The normalized spacial score (nSPS) is 11.2. The number of ketones is 1. The quantitative estimate of drug-likeness (QED) is 0.522. The third-order valence-electron chi connectivity index (χ3n) is 3.09. The number of aromatic hydroxyl groups is 1. The molecule has 0 aliphatic heterocycles. The van der Waals surface area contributed by atoms with Crippen LogP contribution in [0.4, 0.5) is 0 Å². The lowest BCUT2D eigenvalue weighted by molar-refractivity contribution is -0.137. The number of benzene rings is 1. The lowest BCUT2D eigenvalue weighted by Gasteiger charge is -2.22. The summed E-state index contributed by atoms with van der Waals surface area (Å²) in [6.45, 7) is 9.55. The Balaban J connectivity index is 3.40. The number of hydrogen-bond donors (Lipinski definition) is 1. The standard InChI is InChI=1S/C16H22O4/c1-6-10-8-11(14(18)15(19)20-7-2)13(17)12(9-10)16(3,4)5/h8-9,17H,6-7H2,1-5H3. The van der Waals surface area contributed by atoms with Gasteiger partial charge in [0.05, 0.1) is 12.2 Å². The minimum absolute atomic E-state index is 0.0210. The number of carbonyl (C=O) groups excluding carboxylic acids is 2. The summed E-state index contributed by atoms with van der Waals surface area (Å²) in [5.74, 6) is -1.87. The van der Waals surface area contributed by atoms with E-state index in [1.807, 2.05) is 33.8 Å². The van der Waals surface area contributed by atoms with Gasteiger partial charge in [-0.1, -0.05) is 33.8 Å². The summed E-state index contributed by atoms with van der Waals surface area (Å²) in [5.41, 5.74) is 1.26. The molecule has 0 unspecified atom stereocenters. The number of carbonyl (C=O) groups is 2. The Labute approximate surface area is 119 Å². The molecule has 0 saturated heterocycles. The average Bonchev–Trinajstić information content (AvgIpc) is 2.37. The lowest BCUT2D eigenvalue weighted by Crippen LogP contribution is -2.20. The molecule has 4 nitrogen and oxygen atoms in total. The summed E-state index contributed by atoms with van der Waals surface area (Å²) in [5, 5.41) is 10.3. The molecule has 0 aromatic heterocycles. The van der Waals surface area contributed by atoms with Gasteiger partial charge in [-0.25, -0.2) is 4.79 Å². The molecule has 0 saturated carbocycles. The van der Waals surface area contributed by atoms with E-state index in [0.29, 0.717) is 12.0 Å². The molecule has 0 heterocycles. The summed E-state index contributed by atoms with van der Waals surface area (Å²) in [7, 11) is 0. The van der Waals surface area contributed by atoms with Crippen LogP contribution in [0.2, 0.25) is 0 Å². The zero-order valence-corrected chi connectivity index (χ0v) is 12.7. The number of esters is 1. The molecule has 0 radical (unpaired) electrons. The van der Waals surface area contributed by atoms with Crippen LogP contribution in [-0.4, -0.2) is 23.5 Å². The fourth-order valence-electron chi connectivity index (χ4n) is 1.95. The van der Waals surface area contributed by atoms with Gasteiger partial charge in [-0.2, -0.15) is 0 Å². The zero-order chi connectivity index (χ0) is 15.5. The third kappa shape index (κ3) is 3.38. The first-order chi connectivity index (χ1) is 9.22. The van der Waals surface area contributed by atoms with Crippen molar-refractivity contribution in [2.24, 2.45) is 0 Å². The smallest absolute Gasteiger partial charge is 0.379 e. The fraction of sp³-hybridized carbons (Fsp3) is 0.500. The van der Waals surface area contributed by atoms with E-state index in [9.17, 15) is 14.7 Å². The van der Waals surface area contributed by atoms with Crippen molar-refractivity contribution in [2.45, 2.75) is 46.5 Å². The summed E-state index contributed by atoms with van der Waals surface area (Å²) in [6.07, 6.45) is 0.715. The van der Waals surface area contributed by atoms with Crippen LogP contribution in [0.15, 0.2) is 12.1 Å². The maximum absolute atomic E-state index is 12.1. The number of ether oxygens (including phenoxy) is 1. The van der Waals surface area contributed by atoms with Gasteiger partial charge in [-0.3, -0.25) is 4.79 Å². The summed E-state index contributed by atoms with van der Waals surface area (Å²) in [4.78, 5) is 23.6. The van der Waals surface area contributed by atoms with Crippen molar-refractivity contribution >= 4 is 11.8 Å². The summed E-state index contributed by atoms with van der Waals surface area (Å²) in [6, 6.07) is 3.43. The van der Waals surface area contributed by atoms with Crippen molar-refractivity contribution in [3.63, 3.8) is 0 Å². The summed E-state index contributed by atoms with van der Waals surface area (Å²) >= 11 is 0. The molecular formula is C16H22O4. The Morgan fingerprint density at radius 3 is 2.25 bits per heavy atom. The van der Waals surface area contributed by atoms with E-state index < -0.39 is 11.8 Å².